The fourth-order valence-electron chi connectivity index (χ4n) is 2.43. The van der Waals surface area contributed by atoms with Crippen molar-refractivity contribution >= 4 is 46.6 Å². The van der Waals surface area contributed by atoms with Crippen LogP contribution in [-0.2, 0) is 15.0 Å². The van der Waals surface area contributed by atoms with E-state index in [1.54, 1.807) is 0 Å². The van der Waals surface area contributed by atoms with Gasteiger partial charge in [0.25, 0.3) is 5.91 Å². The Morgan fingerprint density at radius 3 is 2.07 bits per heavy atom. The second-order valence-electron chi connectivity index (χ2n) is 7.46. The van der Waals surface area contributed by atoms with Crippen LogP contribution >= 0.6 is 23.2 Å². The van der Waals surface area contributed by atoms with Crippen LogP contribution in [0, 0.1) is 0 Å². The van der Waals surface area contributed by atoms with E-state index in [0.29, 0.717) is 10.7 Å². The molecule has 2 rings (SSSR count). The molecule has 0 saturated carbocycles. The Balaban J connectivity index is 1.77. The number of rotatable bonds is 6. The van der Waals surface area contributed by atoms with Crippen molar-refractivity contribution in [2.75, 3.05) is 18.4 Å². The lowest BCUT2D eigenvalue weighted by molar-refractivity contribution is -0.123. The van der Waals surface area contributed by atoms with Crippen LogP contribution in [0.1, 0.15) is 36.7 Å². The number of carbonyl (C=O) groups is 3. The third-order valence-electron chi connectivity index (χ3n) is 4.07. The van der Waals surface area contributed by atoms with E-state index in [1.165, 1.54) is 18.2 Å². The van der Waals surface area contributed by atoms with E-state index in [-0.39, 0.29) is 35.0 Å². The number of hydrogen-bond donors (Lipinski definition) is 3. The Kier molecular flexibility index (Phi) is 7.65. The van der Waals surface area contributed by atoms with Gasteiger partial charge in [-0.3, -0.25) is 14.4 Å². The average molecular weight is 436 g/mol. The monoisotopic (exact) mass is 435 g/mol. The third kappa shape index (κ3) is 7.07. The number of amides is 3. The van der Waals surface area contributed by atoms with Crippen LogP contribution in [0.15, 0.2) is 42.5 Å². The first-order chi connectivity index (χ1) is 13.6. The van der Waals surface area contributed by atoms with Crippen LogP contribution in [-0.4, -0.2) is 30.8 Å². The molecule has 2 aromatic carbocycles. The largest absolute Gasteiger partial charge is 0.345 e. The molecule has 0 aliphatic rings. The predicted molar refractivity (Wildman–Crippen MR) is 116 cm³/mol. The minimum Gasteiger partial charge on any atom is -0.345 e. The summed E-state index contributed by atoms with van der Waals surface area (Å²) in [6.07, 6.45) is 0. The summed E-state index contributed by atoms with van der Waals surface area (Å²) in [5.41, 5.74) is 2.03. The normalized spacial score (nSPS) is 10.9. The Morgan fingerprint density at radius 2 is 1.48 bits per heavy atom. The molecule has 0 radical (unpaired) electrons. The molecule has 0 saturated heterocycles. The van der Waals surface area contributed by atoms with Crippen LogP contribution in [0.4, 0.5) is 5.69 Å². The number of halogens is 2. The molecule has 6 nitrogen and oxygen atoms in total. The molecule has 0 aromatic heterocycles. The smallest absolute Gasteiger partial charge is 0.253 e. The molecule has 0 aliphatic heterocycles. The van der Waals surface area contributed by atoms with Gasteiger partial charge in [-0.2, -0.15) is 0 Å². The molecular weight excluding hydrogens is 413 g/mol. The fourth-order valence-corrected chi connectivity index (χ4v) is 2.92. The molecule has 0 fully saturated rings. The van der Waals surface area contributed by atoms with E-state index in [2.05, 4.69) is 36.7 Å². The first kappa shape index (κ1) is 22.7. The zero-order valence-corrected chi connectivity index (χ0v) is 17.9. The summed E-state index contributed by atoms with van der Waals surface area (Å²) in [5.74, 6) is -1.37. The lowest BCUT2D eigenvalue weighted by atomic mass is 9.87. The Hall–Kier alpha value is -2.57. The summed E-state index contributed by atoms with van der Waals surface area (Å²) in [6.45, 7) is 5.82. The van der Waals surface area contributed by atoms with Gasteiger partial charge in [-0.1, -0.05) is 56.1 Å². The maximum Gasteiger partial charge on any atom is 0.253 e. The topological polar surface area (TPSA) is 87.3 Å². The molecular formula is C21H23Cl2N3O3. The van der Waals surface area contributed by atoms with Gasteiger partial charge in [0.05, 0.1) is 23.7 Å². The van der Waals surface area contributed by atoms with Crippen LogP contribution in [0.25, 0.3) is 0 Å². The number of carbonyl (C=O) groups excluding carboxylic acids is 3. The second-order valence-corrected chi connectivity index (χ2v) is 8.30. The highest BCUT2D eigenvalue weighted by molar-refractivity contribution is 6.36. The molecule has 154 valence electrons. The van der Waals surface area contributed by atoms with Crippen molar-refractivity contribution in [2.24, 2.45) is 0 Å². The maximum atomic E-state index is 12.1. The highest BCUT2D eigenvalue weighted by atomic mass is 35.5. The molecule has 0 heterocycles. The summed E-state index contributed by atoms with van der Waals surface area (Å²) in [4.78, 5) is 35.9. The standard InChI is InChI=1S/C21H23Cl2N3O3/c1-21(2,3)13-4-7-15(8-5-13)26-19(28)12-24-18(27)11-25-20(29)16-9-6-14(22)10-17(16)23/h4-10H,11-12H2,1-3H3,(H,24,27)(H,25,29)(H,26,28). The third-order valence-corrected chi connectivity index (χ3v) is 4.61. The van der Waals surface area contributed by atoms with Crippen molar-refractivity contribution < 1.29 is 14.4 Å². The van der Waals surface area contributed by atoms with Gasteiger partial charge in [0.1, 0.15) is 0 Å². The summed E-state index contributed by atoms with van der Waals surface area (Å²) in [6, 6.07) is 12.0. The summed E-state index contributed by atoms with van der Waals surface area (Å²) < 4.78 is 0. The van der Waals surface area contributed by atoms with Gasteiger partial charge < -0.3 is 16.0 Å². The number of nitrogens with one attached hydrogen (secondary N) is 3. The lowest BCUT2D eigenvalue weighted by Gasteiger charge is -2.19. The number of anilines is 1. The van der Waals surface area contributed by atoms with Crippen molar-refractivity contribution in [1.82, 2.24) is 10.6 Å². The van der Waals surface area contributed by atoms with Crippen molar-refractivity contribution in [3.63, 3.8) is 0 Å². The van der Waals surface area contributed by atoms with Crippen molar-refractivity contribution in [3.05, 3.63) is 63.6 Å². The Labute approximate surface area is 180 Å². The molecule has 0 atom stereocenters. The van der Waals surface area contributed by atoms with Gasteiger partial charge in [-0.25, -0.2) is 0 Å². The van der Waals surface area contributed by atoms with Crippen LogP contribution in [0.2, 0.25) is 10.0 Å². The van der Waals surface area contributed by atoms with E-state index in [0.717, 1.165) is 5.56 Å². The summed E-state index contributed by atoms with van der Waals surface area (Å²) in [5, 5.41) is 8.19. The van der Waals surface area contributed by atoms with Gasteiger partial charge in [-0.05, 0) is 41.3 Å². The van der Waals surface area contributed by atoms with E-state index in [9.17, 15) is 14.4 Å². The zero-order valence-electron chi connectivity index (χ0n) is 16.4. The van der Waals surface area contributed by atoms with Gasteiger partial charge in [0.2, 0.25) is 11.8 Å². The molecule has 0 unspecified atom stereocenters. The van der Waals surface area contributed by atoms with Gasteiger partial charge in [0, 0.05) is 10.7 Å². The van der Waals surface area contributed by atoms with Gasteiger partial charge in [0.15, 0.2) is 0 Å². The van der Waals surface area contributed by atoms with Crippen LogP contribution in [0.3, 0.4) is 0 Å². The van der Waals surface area contributed by atoms with Crippen molar-refractivity contribution in [3.8, 4) is 0 Å². The minimum absolute atomic E-state index is 0.0250. The fraction of sp³-hybridized carbons (Fsp3) is 0.286. The van der Waals surface area contributed by atoms with Crippen molar-refractivity contribution in [2.45, 2.75) is 26.2 Å². The zero-order chi connectivity index (χ0) is 21.6. The van der Waals surface area contributed by atoms with E-state index in [1.807, 2.05) is 24.3 Å². The first-order valence-corrected chi connectivity index (χ1v) is 9.72. The molecule has 0 bridgehead atoms. The molecule has 0 aliphatic carbocycles. The van der Waals surface area contributed by atoms with Crippen LogP contribution < -0.4 is 16.0 Å². The van der Waals surface area contributed by atoms with Gasteiger partial charge >= 0.3 is 0 Å². The van der Waals surface area contributed by atoms with Crippen LogP contribution in [0.5, 0.6) is 0 Å². The summed E-state index contributed by atoms with van der Waals surface area (Å²) in [7, 11) is 0. The van der Waals surface area contributed by atoms with Crippen molar-refractivity contribution in [1.29, 1.82) is 0 Å². The molecule has 3 N–H and O–H groups in total. The number of hydrogen-bond acceptors (Lipinski definition) is 3. The highest BCUT2D eigenvalue weighted by Crippen LogP contribution is 2.23. The Bertz CT molecular complexity index is 906. The molecule has 29 heavy (non-hydrogen) atoms. The lowest BCUT2D eigenvalue weighted by Crippen LogP contribution is -2.40. The molecule has 3 amide bonds. The molecule has 8 heteroatoms. The number of benzene rings is 2. The molecule has 2 aromatic rings. The average Bonchev–Trinajstić information content (AvgIpc) is 2.64. The van der Waals surface area contributed by atoms with Gasteiger partial charge in [-0.15, -0.1) is 0 Å². The van der Waals surface area contributed by atoms with E-state index in [4.69, 9.17) is 23.2 Å². The summed E-state index contributed by atoms with van der Waals surface area (Å²) >= 11 is 11.7. The second kappa shape index (κ2) is 9.76. The minimum atomic E-state index is -0.509. The quantitative estimate of drug-likeness (QED) is 0.644. The highest BCUT2D eigenvalue weighted by Gasteiger charge is 2.14. The SMILES string of the molecule is CC(C)(C)c1ccc(NC(=O)CNC(=O)CNC(=O)c2ccc(Cl)cc2Cl)cc1. The first-order valence-electron chi connectivity index (χ1n) is 8.96. The van der Waals surface area contributed by atoms with E-state index < -0.39 is 11.8 Å². The Morgan fingerprint density at radius 1 is 0.862 bits per heavy atom. The van der Waals surface area contributed by atoms with E-state index >= 15 is 0 Å². The maximum absolute atomic E-state index is 12.1. The predicted octanol–water partition coefficient (Wildman–Crippen LogP) is 3.78. The molecule has 0 spiro atoms.